The number of aromatic amines is 1. The number of H-pyrrole nitrogens is 1. The van der Waals surface area contributed by atoms with Gasteiger partial charge in [0.2, 0.25) is 5.91 Å². The fourth-order valence-electron chi connectivity index (χ4n) is 5.20. The number of nitrogens with one attached hydrogen (secondary N) is 4. The van der Waals surface area contributed by atoms with Gasteiger partial charge in [-0.15, -0.1) is 0 Å². The minimum Gasteiger partial charge on any atom is -0.353 e. The molecule has 35 heavy (non-hydrogen) atoms. The molecule has 1 aliphatic heterocycles. The van der Waals surface area contributed by atoms with Crippen LogP contribution in [-0.4, -0.2) is 24.5 Å². The minimum atomic E-state index is -0.808. The Kier molecular flexibility index (Phi) is 7.09. The van der Waals surface area contributed by atoms with E-state index in [9.17, 15) is 13.6 Å². The van der Waals surface area contributed by atoms with Gasteiger partial charge in [0.05, 0.1) is 16.1 Å². The standard InChI is InChI=1S/C27H27ClF2N4O/c28-21-9-10-22(29)25(26(21)30)18-7-11-23(31-14-18)20(12-16-4-2-1-3-5-16)27(35)33-19-8-6-17-15-32-34-24(17)13-19/h1-5,7,9-11,14,17,19-20,24,32,34H,6,8,12-13,15H2,(H,33,35)/p+1. The number of hydrogen-bond donors (Lipinski definition) is 3. The fourth-order valence-corrected chi connectivity index (χ4v) is 5.36. The van der Waals surface area contributed by atoms with E-state index in [0.717, 1.165) is 37.4 Å². The number of pyridine rings is 1. The van der Waals surface area contributed by atoms with Gasteiger partial charge in [-0.1, -0.05) is 41.9 Å². The lowest BCUT2D eigenvalue weighted by Gasteiger charge is -2.32. The predicted octanol–water partition coefficient (Wildman–Crippen LogP) is 4.19. The van der Waals surface area contributed by atoms with Gasteiger partial charge < -0.3 is 5.32 Å². The van der Waals surface area contributed by atoms with E-state index >= 15 is 0 Å². The van der Waals surface area contributed by atoms with Crippen LogP contribution in [0.1, 0.15) is 36.4 Å². The Morgan fingerprint density at radius 2 is 1.94 bits per heavy atom. The summed E-state index contributed by atoms with van der Waals surface area (Å²) >= 11 is 5.86. The molecule has 1 saturated heterocycles. The molecule has 4 N–H and O–H groups in total. The molecule has 2 heterocycles. The summed E-state index contributed by atoms with van der Waals surface area (Å²) in [5, 5.41) is 3.11. The lowest BCUT2D eigenvalue weighted by atomic mass is 9.82. The number of aromatic nitrogens is 1. The summed E-state index contributed by atoms with van der Waals surface area (Å²) in [5.74, 6) is -1.44. The summed E-state index contributed by atoms with van der Waals surface area (Å²) in [4.78, 5) is 16.6. The van der Waals surface area contributed by atoms with E-state index in [4.69, 9.17) is 11.6 Å². The van der Waals surface area contributed by atoms with E-state index in [0.29, 0.717) is 29.6 Å². The second-order valence-corrected chi connectivity index (χ2v) is 9.81. The number of carbonyl (C=O) groups excluding carboxylic acids is 1. The lowest BCUT2D eigenvalue weighted by molar-refractivity contribution is -0.391. The Morgan fingerprint density at radius 3 is 2.71 bits per heavy atom. The van der Waals surface area contributed by atoms with Crippen LogP contribution in [0, 0.1) is 17.6 Å². The molecule has 182 valence electrons. The highest BCUT2D eigenvalue weighted by molar-refractivity contribution is 6.31. The number of benzene rings is 2. The lowest BCUT2D eigenvalue weighted by Crippen LogP contribution is -2.47. The van der Waals surface area contributed by atoms with Crippen LogP contribution < -0.4 is 21.2 Å². The molecule has 3 aromatic rings. The molecule has 4 unspecified atom stereocenters. The van der Waals surface area contributed by atoms with Gasteiger partial charge in [0.1, 0.15) is 11.7 Å². The summed E-state index contributed by atoms with van der Waals surface area (Å²) in [6.07, 6.45) is 4.93. The van der Waals surface area contributed by atoms with Crippen molar-refractivity contribution in [2.24, 2.45) is 5.92 Å². The van der Waals surface area contributed by atoms with Crippen molar-refractivity contribution < 1.29 is 18.6 Å². The van der Waals surface area contributed by atoms with Crippen molar-refractivity contribution in [3.05, 3.63) is 88.7 Å². The van der Waals surface area contributed by atoms with Crippen LogP contribution in [0.3, 0.4) is 0 Å². The van der Waals surface area contributed by atoms with Crippen molar-refractivity contribution >= 4 is 17.5 Å². The van der Waals surface area contributed by atoms with Crippen molar-refractivity contribution in [3.8, 4) is 11.1 Å². The third kappa shape index (κ3) is 5.22. The molecule has 1 saturated carbocycles. The van der Waals surface area contributed by atoms with Gasteiger partial charge in [-0.05, 0) is 55.4 Å². The third-order valence-electron chi connectivity index (χ3n) is 7.14. The first kappa shape index (κ1) is 23.9. The predicted molar refractivity (Wildman–Crippen MR) is 130 cm³/mol. The topological polar surface area (TPSA) is 67.3 Å². The number of amides is 1. The Balaban J connectivity index is 1.39. The van der Waals surface area contributed by atoms with E-state index < -0.39 is 17.6 Å². The highest BCUT2D eigenvalue weighted by atomic mass is 35.5. The molecule has 8 heteroatoms. The van der Waals surface area contributed by atoms with E-state index in [1.165, 1.54) is 12.3 Å². The molecule has 1 amide bonds. The van der Waals surface area contributed by atoms with Gasteiger partial charge >= 0.3 is 0 Å². The molecule has 5 nitrogen and oxygen atoms in total. The van der Waals surface area contributed by atoms with E-state index in [1.807, 2.05) is 30.3 Å². The molecule has 0 bridgehead atoms. The molecular weight excluding hydrogens is 470 g/mol. The molecule has 0 radical (unpaired) electrons. The zero-order valence-electron chi connectivity index (χ0n) is 19.2. The Morgan fingerprint density at radius 1 is 1.11 bits per heavy atom. The zero-order valence-corrected chi connectivity index (χ0v) is 19.9. The molecule has 4 atom stereocenters. The van der Waals surface area contributed by atoms with Crippen molar-refractivity contribution in [2.75, 3.05) is 6.54 Å². The first-order chi connectivity index (χ1) is 17.0. The van der Waals surface area contributed by atoms with Crippen LogP contribution in [0.2, 0.25) is 5.02 Å². The van der Waals surface area contributed by atoms with Crippen LogP contribution in [0.4, 0.5) is 8.78 Å². The molecule has 2 aromatic carbocycles. The first-order valence-corrected chi connectivity index (χ1v) is 12.4. The zero-order chi connectivity index (χ0) is 24.4. The third-order valence-corrected chi connectivity index (χ3v) is 7.43. The van der Waals surface area contributed by atoms with Crippen molar-refractivity contribution in [2.45, 2.75) is 43.7 Å². The SMILES string of the molecule is O=C(NC1CCC2CNNC2C1)C(Cc1ccccc1)c1ccc(-c2c(F)ccc(Cl)c2F)c[nH+]1. The Labute approximate surface area is 208 Å². The van der Waals surface area contributed by atoms with Crippen LogP contribution in [0.5, 0.6) is 0 Å². The van der Waals surface area contributed by atoms with E-state index in [1.54, 1.807) is 12.1 Å². The van der Waals surface area contributed by atoms with Crippen molar-refractivity contribution in [1.82, 2.24) is 16.2 Å². The van der Waals surface area contributed by atoms with Gasteiger partial charge in [0, 0.05) is 24.7 Å². The molecule has 1 aromatic heterocycles. The maximum Gasteiger partial charge on any atom is 0.234 e. The quantitative estimate of drug-likeness (QED) is 0.447. The Bertz CT molecular complexity index is 1190. The molecule has 2 aliphatic rings. The summed E-state index contributed by atoms with van der Waals surface area (Å²) in [7, 11) is 0. The van der Waals surface area contributed by atoms with E-state index in [2.05, 4.69) is 21.2 Å². The number of hydrogen-bond acceptors (Lipinski definition) is 3. The van der Waals surface area contributed by atoms with Gasteiger partial charge in [0.15, 0.2) is 17.7 Å². The van der Waals surface area contributed by atoms with Crippen molar-refractivity contribution in [1.29, 1.82) is 0 Å². The minimum absolute atomic E-state index is 0.0626. The molecule has 5 rings (SSSR count). The van der Waals surface area contributed by atoms with Gasteiger partial charge in [-0.2, -0.15) is 0 Å². The largest absolute Gasteiger partial charge is 0.353 e. The van der Waals surface area contributed by atoms with Gasteiger partial charge in [-0.25, -0.2) is 13.8 Å². The number of carbonyl (C=O) groups is 1. The van der Waals surface area contributed by atoms with Gasteiger partial charge in [0.25, 0.3) is 0 Å². The fraction of sp³-hybridized carbons (Fsp3) is 0.333. The molecule has 0 spiro atoms. The second-order valence-electron chi connectivity index (χ2n) is 9.40. The second kappa shape index (κ2) is 10.4. The highest BCUT2D eigenvalue weighted by Crippen LogP contribution is 2.31. The number of halogens is 3. The average molecular weight is 498 g/mol. The number of fused-ring (bicyclic) bond motifs is 1. The van der Waals surface area contributed by atoms with Gasteiger partial charge in [-0.3, -0.25) is 15.6 Å². The summed E-state index contributed by atoms with van der Waals surface area (Å²) in [5.41, 5.74) is 8.37. The van der Waals surface area contributed by atoms with Crippen LogP contribution in [0.25, 0.3) is 11.1 Å². The maximum absolute atomic E-state index is 14.5. The Hall–Kier alpha value is -2.87. The van der Waals surface area contributed by atoms with Crippen LogP contribution in [0.15, 0.2) is 60.8 Å². The molecular formula is C27H28ClF2N4O+. The van der Waals surface area contributed by atoms with Crippen LogP contribution in [-0.2, 0) is 11.2 Å². The smallest absolute Gasteiger partial charge is 0.234 e. The highest BCUT2D eigenvalue weighted by Gasteiger charge is 2.36. The number of rotatable bonds is 6. The monoisotopic (exact) mass is 497 g/mol. The average Bonchev–Trinajstić information content (AvgIpc) is 3.34. The van der Waals surface area contributed by atoms with Crippen molar-refractivity contribution in [3.63, 3.8) is 0 Å². The number of hydrazine groups is 1. The summed E-state index contributed by atoms with van der Waals surface area (Å²) in [6.45, 7) is 0.969. The normalized spacial score (nSPS) is 22.4. The van der Waals surface area contributed by atoms with E-state index in [-0.39, 0.29) is 22.5 Å². The van der Waals surface area contributed by atoms with Crippen LogP contribution >= 0.6 is 11.6 Å². The summed E-state index contributed by atoms with van der Waals surface area (Å²) < 4.78 is 28.9. The summed E-state index contributed by atoms with van der Waals surface area (Å²) in [6, 6.07) is 16.0. The molecule has 1 aliphatic carbocycles. The molecule has 2 fully saturated rings. The maximum atomic E-state index is 14.5. The first-order valence-electron chi connectivity index (χ1n) is 12.0.